The molecule has 0 aromatic carbocycles. The van der Waals surface area contributed by atoms with Crippen LogP contribution in [0.2, 0.25) is 0 Å². The van der Waals surface area contributed by atoms with E-state index in [1.165, 1.54) is 32.1 Å². The number of rotatable bonds is 9. The highest BCUT2D eigenvalue weighted by Crippen LogP contribution is 2.23. The van der Waals surface area contributed by atoms with E-state index in [-0.39, 0.29) is 0 Å². The Morgan fingerprint density at radius 2 is 2.00 bits per heavy atom. The first-order valence-electron chi connectivity index (χ1n) is 8.15. The molecule has 3 heteroatoms. The minimum Gasteiger partial charge on any atom is -0.383 e. The number of hydrogen-bond acceptors (Lipinski definition) is 3. The summed E-state index contributed by atoms with van der Waals surface area (Å²) in [5.74, 6) is 0.852. The van der Waals surface area contributed by atoms with Crippen LogP contribution in [0.15, 0.2) is 0 Å². The molecule has 0 aromatic heterocycles. The van der Waals surface area contributed by atoms with Crippen LogP contribution < -0.4 is 5.32 Å². The molecule has 1 saturated carbocycles. The molecule has 3 unspecified atom stereocenters. The van der Waals surface area contributed by atoms with E-state index in [0.29, 0.717) is 6.04 Å². The maximum Gasteiger partial charge on any atom is 0.0589 e. The molecule has 0 spiro atoms. The van der Waals surface area contributed by atoms with E-state index in [0.717, 1.165) is 38.2 Å². The van der Waals surface area contributed by atoms with Gasteiger partial charge in [-0.15, -0.1) is 0 Å². The number of ether oxygens (including phenoxy) is 1. The quantitative estimate of drug-likeness (QED) is 0.697. The summed E-state index contributed by atoms with van der Waals surface area (Å²) in [7, 11) is 1.79. The molecule has 1 rings (SSSR count). The fourth-order valence-corrected chi connectivity index (χ4v) is 3.03. The monoisotopic (exact) mass is 270 g/mol. The van der Waals surface area contributed by atoms with Crippen LogP contribution in [0.5, 0.6) is 0 Å². The van der Waals surface area contributed by atoms with E-state index in [2.05, 4.69) is 31.0 Å². The molecule has 114 valence electrons. The lowest BCUT2D eigenvalue weighted by Gasteiger charge is -2.32. The van der Waals surface area contributed by atoms with E-state index >= 15 is 0 Å². The van der Waals surface area contributed by atoms with Gasteiger partial charge in [0.05, 0.1) is 6.61 Å². The molecule has 0 aliphatic heterocycles. The maximum absolute atomic E-state index is 5.22. The van der Waals surface area contributed by atoms with E-state index in [1.807, 2.05) is 0 Å². The van der Waals surface area contributed by atoms with Crippen molar-refractivity contribution in [2.75, 3.05) is 33.4 Å². The second kappa shape index (κ2) is 9.73. The first-order valence-corrected chi connectivity index (χ1v) is 8.15. The van der Waals surface area contributed by atoms with Crippen molar-refractivity contribution in [3.63, 3.8) is 0 Å². The van der Waals surface area contributed by atoms with Crippen LogP contribution >= 0.6 is 0 Å². The molecular formula is C16H34N2O. The van der Waals surface area contributed by atoms with Crippen molar-refractivity contribution in [3.05, 3.63) is 0 Å². The molecule has 1 fully saturated rings. The summed E-state index contributed by atoms with van der Waals surface area (Å²) in [6.07, 6.45) is 6.80. The van der Waals surface area contributed by atoms with Gasteiger partial charge < -0.3 is 10.1 Å². The van der Waals surface area contributed by atoms with Crippen molar-refractivity contribution in [1.29, 1.82) is 0 Å². The minimum atomic E-state index is 0.653. The number of methoxy groups -OCH3 is 1. The highest BCUT2D eigenvalue weighted by Gasteiger charge is 2.20. The summed E-state index contributed by atoms with van der Waals surface area (Å²) in [5.41, 5.74) is 0. The molecule has 1 aliphatic carbocycles. The standard InChI is InChI=1S/C16H34N2O/c1-5-15(3)18(12-13-19-4)11-10-17-16-9-7-6-8-14(16)2/h14-17H,5-13H2,1-4H3. The fourth-order valence-electron chi connectivity index (χ4n) is 3.03. The summed E-state index contributed by atoms with van der Waals surface area (Å²) in [5, 5.41) is 3.77. The third kappa shape index (κ3) is 6.24. The van der Waals surface area contributed by atoms with E-state index in [9.17, 15) is 0 Å². The van der Waals surface area contributed by atoms with Crippen LogP contribution in [-0.4, -0.2) is 50.3 Å². The van der Waals surface area contributed by atoms with Gasteiger partial charge in [-0.25, -0.2) is 0 Å². The Morgan fingerprint density at radius 3 is 2.63 bits per heavy atom. The molecule has 0 aromatic rings. The van der Waals surface area contributed by atoms with E-state index < -0.39 is 0 Å². The number of nitrogens with zero attached hydrogens (tertiary/aromatic N) is 1. The Hall–Kier alpha value is -0.120. The van der Waals surface area contributed by atoms with Gasteiger partial charge in [0.25, 0.3) is 0 Å². The Labute approximate surface area is 120 Å². The zero-order valence-electron chi connectivity index (χ0n) is 13.5. The lowest BCUT2D eigenvalue weighted by molar-refractivity contribution is 0.121. The molecule has 0 radical (unpaired) electrons. The van der Waals surface area contributed by atoms with E-state index in [4.69, 9.17) is 4.74 Å². The zero-order chi connectivity index (χ0) is 14.1. The summed E-state index contributed by atoms with van der Waals surface area (Å²) in [6, 6.07) is 1.40. The number of nitrogens with one attached hydrogen (secondary N) is 1. The molecular weight excluding hydrogens is 236 g/mol. The zero-order valence-corrected chi connectivity index (χ0v) is 13.5. The molecule has 1 aliphatic rings. The predicted molar refractivity (Wildman–Crippen MR) is 82.6 cm³/mol. The van der Waals surface area contributed by atoms with Gasteiger partial charge in [-0.3, -0.25) is 4.90 Å². The smallest absolute Gasteiger partial charge is 0.0589 e. The first-order chi connectivity index (χ1) is 9.19. The summed E-state index contributed by atoms with van der Waals surface area (Å²) in [6.45, 7) is 11.1. The van der Waals surface area contributed by atoms with Gasteiger partial charge in [0, 0.05) is 38.8 Å². The molecule has 1 N–H and O–H groups in total. The highest BCUT2D eigenvalue weighted by molar-refractivity contribution is 4.78. The van der Waals surface area contributed by atoms with Gasteiger partial charge in [-0.2, -0.15) is 0 Å². The van der Waals surface area contributed by atoms with Crippen LogP contribution in [0, 0.1) is 5.92 Å². The lowest BCUT2D eigenvalue weighted by atomic mass is 9.86. The minimum absolute atomic E-state index is 0.653. The Kier molecular flexibility index (Phi) is 8.67. The molecule has 0 bridgehead atoms. The molecule has 19 heavy (non-hydrogen) atoms. The predicted octanol–water partition coefficient (Wildman–Crippen LogP) is 2.90. The van der Waals surface area contributed by atoms with Crippen molar-refractivity contribution in [3.8, 4) is 0 Å². The summed E-state index contributed by atoms with van der Waals surface area (Å²) >= 11 is 0. The van der Waals surface area contributed by atoms with Gasteiger partial charge in [-0.05, 0) is 32.1 Å². The van der Waals surface area contributed by atoms with Gasteiger partial charge >= 0.3 is 0 Å². The van der Waals surface area contributed by atoms with Crippen LogP contribution in [0.4, 0.5) is 0 Å². The average molecular weight is 270 g/mol. The van der Waals surface area contributed by atoms with Gasteiger partial charge in [-0.1, -0.05) is 26.7 Å². The molecule has 3 nitrogen and oxygen atoms in total. The van der Waals surface area contributed by atoms with Gasteiger partial charge in [0.2, 0.25) is 0 Å². The Bertz CT molecular complexity index is 223. The topological polar surface area (TPSA) is 24.5 Å². The van der Waals surface area contributed by atoms with Crippen molar-refractivity contribution >= 4 is 0 Å². The third-order valence-electron chi connectivity index (χ3n) is 4.71. The summed E-state index contributed by atoms with van der Waals surface area (Å²) < 4.78 is 5.22. The van der Waals surface area contributed by atoms with Gasteiger partial charge in [0.1, 0.15) is 0 Å². The number of hydrogen-bond donors (Lipinski definition) is 1. The molecule has 3 atom stereocenters. The van der Waals surface area contributed by atoms with Crippen molar-refractivity contribution in [1.82, 2.24) is 10.2 Å². The molecule has 0 heterocycles. The maximum atomic E-state index is 5.22. The van der Waals surface area contributed by atoms with E-state index in [1.54, 1.807) is 7.11 Å². The normalized spacial score (nSPS) is 25.7. The SMILES string of the molecule is CCC(C)N(CCNC1CCCCC1C)CCOC. The molecule has 0 amide bonds. The third-order valence-corrected chi connectivity index (χ3v) is 4.71. The van der Waals surface area contributed by atoms with Crippen LogP contribution in [-0.2, 0) is 4.74 Å². The lowest BCUT2D eigenvalue weighted by Crippen LogP contribution is -2.44. The fraction of sp³-hybridized carbons (Fsp3) is 1.00. The van der Waals surface area contributed by atoms with Crippen LogP contribution in [0.1, 0.15) is 52.9 Å². The second-order valence-electron chi connectivity index (χ2n) is 6.11. The Balaban J connectivity index is 2.26. The largest absolute Gasteiger partial charge is 0.383 e. The van der Waals surface area contributed by atoms with Crippen LogP contribution in [0.3, 0.4) is 0 Å². The molecule has 0 saturated heterocycles. The van der Waals surface area contributed by atoms with Crippen molar-refractivity contribution < 1.29 is 4.74 Å². The Morgan fingerprint density at radius 1 is 1.26 bits per heavy atom. The highest BCUT2D eigenvalue weighted by atomic mass is 16.5. The first kappa shape index (κ1) is 16.9. The average Bonchev–Trinajstić information content (AvgIpc) is 2.43. The van der Waals surface area contributed by atoms with Gasteiger partial charge in [0.15, 0.2) is 0 Å². The van der Waals surface area contributed by atoms with Crippen molar-refractivity contribution in [2.45, 2.75) is 65.0 Å². The summed E-state index contributed by atoms with van der Waals surface area (Å²) in [4.78, 5) is 2.55. The van der Waals surface area contributed by atoms with Crippen LogP contribution in [0.25, 0.3) is 0 Å². The van der Waals surface area contributed by atoms with Crippen molar-refractivity contribution in [2.24, 2.45) is 5.92 Å². The second-order valence-corrected chi connectivity index (χ2v) is 6.11.